The summed E-state index contributed by atoms with van der Waals surface area (Å²) in [6, 6.07) is 0. The van der Waals surface area contributed by atoms with Crippen LogP contribution in [0.15, 0.2) is 0 Å². The number of carboxylic acid groups (broad SMARTS) is 1. The fraction of sp³-hybridized carbons (Fsp3) is 0.889. The van der Waals surface area contributed by atoms with Crippen LogP contribution >= 0.6 is 0 Å². The van der Waals surface area contributed by atoms with E-state index >= 15 is 0 Å². The summed E-state index contributed by atoms with van der Waals surface area (Å²) in [5.74, 6) is -1.46. The zero-order chi connectivity index (χ0) is 10.2. The Morgan fingerprint density at radius 2 is 2.00 bits per heavy atom. The molecule has 2 aliphatic rings. The third-order valence-corrected chi connectivity index (χ3v) is 2.90. The lowest BCUT2D eigenvalue weighted by Gasteiger charge is -2.49. The highest BCUT2D eigenvalue weighted by molar-refractivity contribution is 5.76. The standard InChI is InChI=1S/C9H14O5/c1-12-6-8(7(10)11)4-9(5-8)13-2-3-14-9/h2-6H2,1H3,(H,10,11). The molecular formula is C9H14O5. The Balaban J connectivity index is 2.02. The lowest BCUT2D eigenvalue weighted by Crippen LogP contribution is -2.58. The van der Waals surface area contributed by atoms with Gasteiger partial charge in [0.15, 0.2) is 5.79 Å². The first kappa shape index (κ1) is 9.89. The quantitative estimate of drug-likeness (QED) is 0.710. The van der Waals surface area contributed by atoms with Crippen LogP contribution in [0.3, 0.4) is 0 Å². The summed E-state index contributed by atoms with van der Waals surface area (Å²) in [5, 5.41) is 9.07. The van der Waals surface area contributed by atoms with Crippen molar-refractivity contribution in [2.75, 3.05) is 26.9 Å². The molecule has 0 aromatic heterocycles. The Bertz CT molecular complexity index is 236. The first-order valence-corrected chi connectivity index (χ1v) is 4.63. The molecule has 0 radical (unpaired) electrons. The molecule has 2 fully saturated rings. The number of carbonyl (C=O) groups is 1. The minimum Gasteiger partial charge on any atom is -0.481 e. The summed E-state index contributed by atoms with van der Waals surface area (Å²) in [7, 11) is 1.51. The molecule has 0 unspecified atom stereocenters. The number of ether oxygens (including phenoxy) is 3. The summed E-state index contributed by atoms with van der Waals surface area (Å²) >= 11 is 0. The molecule has 80 valence electrons. The van der Waals surface area contributed by atoms with Gasteiger partial charge in [-0.25, -0.2) is 0 Å². The van der Waals surface area contributed by atoms with Crippen molar-refractivity contribution in [3.63, 3.8) is 0 Å². The van der Waals surface area contributed by atoms with Crippen LogP contribution in [0, 0.1) is 5.41 Å². The SMILES string of the molecule is COCC1(C(=O)O)CC2(C1)OCCO2. The summed E-state index contributed by atoms with van der Waals surface area (Å²) in [5.41, 5.74) is -0.806. The molecule has 0 aromatic carbocycles. The van der Waals surface area contributed by atoms with Gasteiger partial charge in [-0.1, -0.05) is 0 Å². The summed E-state index contributed by atoms with van der Waals surface area (Å²) in [4.78, 5) is 11.0. The number of aliphatic carboxylic acids is 1. The van der Waals surface area contributed by atoms with E-state index in [1.54, 1.807) is 0 Å². The van der Waals surface area contributed by atoms with E-state index in [1.807, 2.05) is 0 Å². The predicted octanol–water partition coefficient (Wildman–Crippen LogP) is 0.241. The van der Waals surface area contributed by atoms with E-state index in [2.05, 4.69) is 0 Å². The molecule has 1 N–H and O–H groups in total. The molecule has 1 aliphatic heterocycles. The zero-order valence-electron chi connectivity index (χ0n) is 8.12. The highest BCUT2D eigenvalue weighted by atomic mass is 16.7. The van der Waals surface area contributed by atoms with Crippen molar-refractivity contribution in [3.8, 4) is 0 Å². The number of methoxy groups -OCH3 is 1. The molecule has 1 aliphatic carbocycles. The van der Waals surface area contributed by atoms with Crippen LogP contribution in [0.25, 0.3) is 0 Å². The number of hydrogen-bond acceptors (Lipinski definition) is 4. The lowest BCUT2D eigenvalue weighted by molar-refractivity contribution is -0.270. The third-order valence-electron chi connectivity index (χ3n) is 2.90. The average molecular weight is 202 g/mol. The second kappa shape index (κ2) is 3.18. The van der Waals surface area contributed by atoms with Gasteiger partial charge in [0.05, 0.1) is 19.8 Å². The average Bonchev–Trinajstić information content (AvgIpc) is 2.51. The van der Waals surface area contributed by atoms with Gasteiger partial charge in [0, 0.05) is 20.0 Å². The minimum absolute atomic E-state index is 0.219. The van der Waals surface area contributed by atoms with E-state index < -0.39 is 17.2 Å². The molecule has 5 heteroatoms. The van der Waals surface area contributed by atoms with Crippen LogP contribution in [-0.2, 0) is 19.0 Å². The van der Waals surface area contributed by atoms with Gasteiger partial charge in [0.1, 0.15) is 5.41 Å². The van der Waals surface area contributed by atoms with Crippen molar-refractivity contribution in [3.05, 3.63) is 0 Å². The Kier molecular flexibility index (Phi) is 2.25. The topological polar surface area (TPSA) is 65.0 Å². The van der Waals surface area contributed by atoms with E-state index in [1.165, 1.54) is 7.11 Å². The highest BCUT2D eigenvalue weighted by Gasteiger charge is 2.62. The van der Waals surface area contributed by atoms with Crippen LogP contribution in [0.2, 0.25) is 0 Å². The number of hydrogen-bond donors (Lipinski definition) is 1. The van der Waals surface area contributed by atoms with E-state index in [0.717, 1.165) is 0 Å². The predicted molar refractivity (Wildman–Crippen MR) is 45.8 cm³/mol. The Morgan fingerprint density at radius 3 is 2.43 bits per heavy atom. The van der Waals surface area contributed by atoms with Gasteiger partial charge >= 0.3 is 5.97 Å². The second-order valence-electron chi connectivity index (χ2n) is 3.98. The van der Waals surface area contributed by atoms with Gasteiger partial charge < -0.3 is 19.3 Å². The normalized spacial score (nSPS) is 27.5. The van der Waals surface area contributed by atoms with E-state index in [-0.39, 0.29) is 6.61 Å². The third kappa shape index (κ3) is 1.32. The molecule has 5 nitrogen and oxygen atoms in total. The molecular weight excluding hydrogens is 188 g/mol. The van der Waals surface area contributed by atoms with Crippen LogP contribution < -0.4 is 0 Å². The highest BCUT2D eigenvalue weighted by Crippen LogP contribution is 2.53. The molecule has 0 atom stereocenters. The first-order chi connectivity index (χ1) is 6.63. The molecule has 2 rings (SSSR count). The van der Waals surface area contributed by atoms with E-state index in [0.29, 0.717) is 26.1 Å². The largest absolute Gasteiger partial charge is 0.481 e. The van der Waals surface area contributed by atoms with Crippen LogP contribution in [-0.4, -0.2) is 43.8 Å². The van der Waals surface area contributed by atoms with Gasteiger partial charge in [-0.15, -0.1) is 0 Å². The van der Waals surface area contributed by atoms with Gasteiger partial charge in [-0.3, -0.25) is 4.79 Å². The van der Waals surface area contributed by atoms with Crippen molar-refractivity contribution in [2.45, 2.75) is 18.6 Å². The lowest BCUT2D eigenvalue weighted by atomic mass is 9.65. The molecule has 0 amide bonds. The van der Waals surface area contributed by atoms with Crippen molar-refractivity contribution >= 4 is 5.97 Å². The van der Waals surface area contributed by atoms with Gasteiger partial charge in [-0.2, -0.15) is 0 Å². The minimum atomic E-state index is -0.830. The Labute approximate surface area is 81.9 Å². The fourth-order valence-corrected chi connectivity index (χ4v) is 2.27. The van der Waals surface area contributed by atoms with Gasteiger partial charge in [0.2, 0.25) is 0 Å². The molecule has 1 saturated carbocycles. The van der Waals surface area contributed by atoms with Crippen LogP contribution in [0.1, 0.15) is 12.8 Å². The maximum Gasteiger partial charge on any atom is 0.312 e. The molecule has 0 bridgehead atoms. The smallest absolute Gasteiger partial charge is 0.312 e. The molecule has 1 saturated heterocycles. The maximum atomic E-state index is 11.0. The number of carboxylic acids is 1. The van der Waals surface area contributed by atoms with Gasteiger partial charge in [0.25, 0.3) is 0 Å². The molecule has 1 spiro atoms. The first-order valence-electron chi connectivity index (χ1n) is 4.63. The Morgan fingerprint density at radius 1 is 1.43 bits per heavy atom. The van der Waals surface area contributed by atoms with Crippen molar-refractivity contribution < 1.29 is 24.1 Å². The summed E-state index contributed by atoms with van der Waals surface area (Å²) < 4.78 is 15.7. The zero-order valence-corrected chi connectivity index (χ0v) is 8.12. The Hall–Kier alpha value is -0.650. The van der Waals surface area contributed by atoms with Crippen LogP contribution in [0.4, 0.5) is 0 Å². The second-order valence-corrected chi connectivity index (χ2v) is 3.98. The molecule has 14 heavy (non-hydrogen) atoms. The summed E-state index contributed by atoms with van der Waals surface area (Å²) in [6.07, 6.45) is 0.784. The van der Waals surface area contributed by atoms with E-state index in [9.17, 15) is 4.79 Å². The van der Waals surface area contributed by atoms with E-state index in [4.69, 9.17) is 19.3 Å². The molecule has 1 heterocycles. The van der Waals surface area contributed by atoms with Gasteiger partial charge in [-0.05, 0) is 0 Å². The maximum absolute atomic E-state index is 11.0. The van der Waals surface area contributed by atoms with Crippen LogP contribution in [0.5, 0.6) is 0 Å². The summed E-state index contributed by atoms with van der Waals surface area (Å²) in [6.45, 7) is 1.34. The number of rotatable bonds is 3. The van der Waals surface area contributed by atoms with Crippen molar-refractivity contribution in [1.29, 1.82) is 0 Å². The monoisotopic (exact) mass is 202 g/mol. The fourth-order valence-electron chi connectivity index (χ4n) is 2.27. The van der Waals surface area contributed by atoms with Crippen molar-refractivity contribution in [1.82, 2.24) is 0 Å². The molecule has 0 aromatic rings. The van der Waals surface area contributed by atoms with Crippen molar-refractivity contribution in [2.24, 2.45) is 5.41 Å².